The highest BCUT2D eigenvalue weighted by molar-refractivity contribution is 5.81. The van der Waals surface area contributed by atoms with Crippen LogP contribution < -0.4 is 5.32 Å². The monoisotopic (exact) mass is 445 g/mol. The molecular formula is C24H29F2N3O3. The SMILES string of the molecule is O=C(C1CNCCO1)N1CCN(CCOC(c2ccc(F)cc2)c2ccc(F)cc2)CC1. The highest BCUT2D eigenvalue weighted by atomic mass is 19.1. The van der Waals surface area contributed by atoms with Crippen LogP contribution in [-0.2, 0) is 14.3 Å². The number of amides is 1. The maximum Gasteiger partial charge on any atom is 0.253 e. The molecule has 1 atom stereocenters. The van der Waals surface area contributed by atoms with Crippen LogP contribution in [-0.4, -0.2) is 80.8 Å². The van der Waals surface area contributed by atoms with Crippen molar-refractivity contribution in [2.75, 3.05) is 59.0 Å². The molecule has 1 N–H and O–H groups in total. The minimum atomic E-state index is -0.407. The molecule has 2 aliphatic rings. The maximum atomic E-state index is 13.4. The molecule has 32 heavy (non-hydrogen) atoms. The fourth-order valence-electron chi connectivity index (χ4n) is 4.08. The lowest BCUT2D eigenvalue weighted by Crippen LogP contribution is -2.55. The molecule has 6 nitrogen and oxygen atoms in total. The van der Waals surface area contributed by atoms with Crippen molar-refractivity contribution < 1.29 is 23.0 Å². The van der Waals surface area contributed by atoms with Gasteiger partial charge in [-0.3, -0.25) is 9.69 Å². The molecule has 4 rings (SSSR count). The third-order valence-corrected chi connectivity index (χ3v) is 5.92. The van der Waals surface area contributed by atoms with Gasteiger partial charge in [0, 0.05) is 45.8 Å². The summed E-state index contributed by atoms with van der Waals surface area (Å²) in [6.45, 7) is 5.97. The predicted octanol–water partition coefficient (Wildman–Crippen LogP) is 2.20. The molecule has 0 saturated carbocycles. The Morgan fingerprint density at radius 2 is 1.59 bits per heavy atom. The van der Waals surface area contributed by atoms with E-state index in [0.29, 0.717) is 39.4 Å². The Hall–Kier alpha value is -2.39. The quantitative estimate of drug-likeness (QED) is 0.708. The first-order chi connectivity index (χ1) is 15.6. The molecule has 2 fully saturated rings. The molecule has 8 heteroatoms. The normalized spacial score (nSPS) is 20.0. The average Bonchev–Trinajstić information content (AvgIpc) is 2.84. The van der Waals surface area contributed by atoms with E-state index >= 15 is 0 Å². The molecule has 2 saturated heterocycles. The summed E-state index contributed by atoms with van der Waals surface area (Å²) in [5.41, 5.74) is 1.63. The number of piperazine rings is 1. The fraction of sp³-hybridized carbons (Fsp3) is 0.458. The highest BCUT2D eigenvalue weighted by Gasteiger charge is 2.29. The number of halogens is 2. The average molecular weight is 446 g/mol. The third kappa shape index (κ3) is 5.89. The Morgan fingerprint density at radius 1 is 1.00 bits per heavy atom. The minimum Gasteiger partial charge on any atom is -0.367 e. The van der Waals surface area contributed by atoms with Gasteiger partial charge in [0.25, 0.3) is 5.91 Å². The number of ether oxygens (including phenoxy) is 2. The van der Waals surface area contributed by atoms with Gasteiger partial charge in [0.2, 0.25) is 0 Å². The zero-order valence-corrected chi connectivity index (χ0v) is 18.0. The topological polar surface area (TPSA) is 54.0 Å². The number of carbonyl (C=O) groups is 1. The van der Waals surface area contributed by atoms with E-state index in [1.54, 1.807) is 24.3 Å². The number of nitrogens with zero attached hydrogens (tertiary/aromatic N) is 2. The molecule has 2 heterocycles. The van der Waals surface area contributed by atoms with Gasteiger partial charge in [0.15, 0.2) is 0 Å². The Bertz CT molecular complexity index is 820. The largest absolute Gasteiger partial charge is 0.367 e. The van der Waals surface area contributed by atoms with Crippen LogP contribution in [0.1, 0.15) is 17.2 Å². The summed E-state index contributed by atoms with van der Waals surface area (Å²) in [6, 6.07) is 12.4. The van der Waals surface area contributed by atoms with Crippen molar-refractivity contribution in [3.63, 3.8) is 0 Å². The fourth-order valence-corrected chi connectivity index (χ4v) is 4.08. The van der Waals surface area contributed by atoms with Gasteiger partial charge in [0.05, 0.1) is 13.2 Å². The number of benzene rings is 2. The summed E-state index contributed by atoms with van der Waals surface area (Å²) in [7, 11) is 0. The van der Waals surface area contributed by atoms with Gasteiger partial charge in [-0.05, 0) is 35.4 Å². The van der Waals surface area contributed by atoms with Gasteiger partial charge in [-0.25, -0.2) is 8.78 Å². The van der Waals surface area contributed by atoms with Gasteiger partial charge in [-0.2, -0.15) is 0 Å². The zero-order chi connectivity index (χ0) is 22.3. The van der Waals surface area contributed by atoms with Crippen molar-refractivity contribution in [2.24, 2.45) is 0 Å². The Labute approximate surface area is 187 Å². The molecule has 2 aliphatic heterocycles. The zero-order valence-electron chi connectivity index (χ0n) is 18.0. The third-order valence-electron chi connectivity index (χ3n) is 5.92. The number of hydrogen-bond acceptors (Lipinski definition) is 5. The summed E-state index contributed by atoms with van der Waals surface area (Å²) in [6.07, 6.45) is -0.791. The van der Waals surface area contributed by atoms with E-state index in [1.807, 2.05) is 4.90 Å². The maximum absolute atomic E-state index is 13.4. The van der Waals surface area contributed by atoms with E-state index in [4.69, 9.17) is 9.47 Å². The molecule has 1 amide bonds. The lowest BCUT2D eigenvalue weighted by atomic mass is 10.0. The van der Waals surface area contributed by atoms with Gasteiger partial charge in [0.1, 0.15) is 23.8 Å². The van der Waals surface area contributed by atoms with Crippen molar-refractivity contribution in [3.05, 3.63) is 71.3 Å². The second-order valence-corrected chi connectivity index (χ2v) is 8.08. The molecule has 2 aromatic rings. The van der Waals surface area contributed by atoms with Gasteiger partial charge in [-0.15, -0.1) is 0 Å². The molecule has 0 radical (unpaired) electrons. The number of rotatable bonds is 7. The predicted molar refractivity (Wildman–Crippen MR) is 116 cm³/mol. The highest BCUT2D eigenvalue weighted by Crippen LogP contribution is 2.26. The number of carbonyl (C=O) groups excluding carboxylic acids is 1. The van der Waals surface area contributed by atoms with Crippen LogP contribution >= 0.6 is 0 Å². The summed E-state index contributed by atoms with van der Waals surface area (Å²) in [4.78, 5) is 16.7. The molecule has 0 aliphatic carbocycles. The van der Waals surface area contributed by atoms with Crippen molar-refractivity contribution >= 4 is 5.91 Å². The van der Waals surface area contributed by atoms with Crippen LogP contribution in [0.2, 0.25) is 0 Å². The second kappa shape index (κ2) is 11.0. The van der Waals surface area contributed by atoms with E-state index in [0.717, 1.165) is 30.8 Å². The number of hydrogen-bond donors (Lipinski definition) is 1. The summed E-state index contributed by atoms with van der Waals surface area (Å²) in [5, 5.41) is 3.19. The van der Waals surface area contributed by atoms with Gasteiger partial charge in [-0.1, -0.05) is 24.3 Å². The van der Waals surface area contributed by atoms with Crippen LogP contribution in [0.25, 0.3) is 0 Å². The molecule has 172 valence electrons. The molecule has 0 aromatic heterocycles. The first-order valence-corrected chi connectivity index (χ1v) is 11.1. The summed E-state index contributed by atoms with van der Waals surface area (Å²) >= 11 is 0. The lowest BCUT2D eigenvalue weighted by molar-refractivity contribution is -0.147. The smallest absolute Gasteiger partial charge is 0.253 e. The van der Waals surface area contributed by atoms with E-state index in [-0.39, 0.29) is 23.6 Å². The van der Waals surface area contributed by atoms with Crippen LogP contribution in [0.3, 0.4) is 0 Å². The molecule has 1 unspecified atom stereocenters. The Morgan fingerprint density at radius 3 is 2.12 bits per heavy atom. The molecule has 0 bridgehead atoms. The molecule has 0 spiro atoms. The van der Waals surface area contributed by atoms with Gasteiger partial charge < -0.3 is 19.7 Å². The first-order valence-electron chi connectivity index (χ1n) is 11.1. The molecule has 2 aromatic carbocycles. The standard InChI is InChI=1S/C24H29F2N3O3/c25-20-5-1-18(2-6-20)23(19-3-7-21(26)8-4-19)32-16-14-28-10-12-29(13-11-28)24(30)22-17-27-9-15-31-22/h1-8,22-23,27H,9-17H2. The summed E-state index contributed by atoms with van der Waals surface area (Å²) < 4.78 is 38.5. The van der Waals surface area contributed by atoms with Crippen LogP contribution in [0.15, 0.2) is 48.5 Å². The van der Waals surface area contributed by atoms with E-state index in [2.05, 4.69) is 10.2 Å². The second-order valence-electron chi connectivity index (χ2n) is 8.08. The molecular weight excluding hydrogens is 416 g/mol. The Kier molecular flexibility index (Phi) is 7.81. The van der Waals surface area contributed by atoms with Crippen molar-refractivity contribution in [3.8, 4) is 0 Å². The Balaban J connectivity index is 1.29. The van der Waals surface area contributed by atoms with Crippen molar-refractivity contribution in [1.82, 2.24) is 15.1 Å². The first kappa shape index (κ1) is 22.8. The van der Waals surface area contributed by atoms with E-state index < -0.39 is 6.10 Å². The van der Waals surface area contributed by atoms with Gasteiger partial charge >= 0.3 is 0 Å². The van der Waals surface area contributed by atoms with Crippen LogP contribution in [0.5, 0.6) is 0 Å². The van der Waals surface area contributed by atoms with Crippen molar-refractivity contribution in [2.45, 2.75) is 12.2 Å². The minimum absolute atomic E-state index is 0.0563. The van der Waals surface area contributed by atoms with Crippen molar-refractivity contribution in [1.29, 1.82) is 0 Å². The number of morpholine rings is 1. The lowest BCUT2D eigenvalue weighted by Gasteiger charge is -2.37. The van der Waals surface area contributed by atoms with E-state index in [9.17, 15) is 13.6 Å². The number of nitrogens with one attached hydrogen (secondary N) is 1. The summed E-state index contributed by atoms with van der Waals surface area (Å²) in [5.74, 6) is -0.567. The van der Waals surface area contributed by atoms with Crippen LogP contribution in [0.4, 0.5) is 8.78 Å². The van der Waals surface area contributed by atoms with E-state index in [1.165, 1.54) is 24.3 Å². The van der Waals surface area contributed by atoms with Crippen LogP contribution in [0, 0.1) is 11.6 Å².